The Labute approximate surface area is 100 Å². The lowest BCUT2D eigenvalue weighted by Crippen LogP contribution is -2.22. The number of carbonyl (C=O) groups is 1. The van der Waals surface area contributed by atoms with Crippen LogP contribution in [-0.4, -0.2) is 30.7 Å². The summed E-state index contributed by atoms with van der Waals surface area (Å²) in [5.74, 6) is 1.61. The number of aromatic nitrogens is 1. The molecule has 1 fully saturated rings. The largest absolute Gasteiger partial charge is 0.445 e. The first-order valence-electron chi connectivity index (χ1n) is 5.61. The van der Waals surface area contributed by atoms with E-state index in [1.807, 2.05) is 0 Å². The molecule has 1 aromatic heterocycles. The van der Waals surface area contributed by atoms with Crippen LogP contribution in [0.4, 0.5) is 0 Å². The second kappa shape index (κ2) is 4.60. The van der Waals surface area contributed by atoms with Crippen molar-refractivity contribution < 1.29 is 17.6 Å². The van der Waals surface area contributed by atoms with Gasteiger partial charge in [-0.05, 0) is 19.8 Å². The van der Waals surface area contributed by atoms with Crippen molar-refractivity contribution >= 4 is 15.6 Å². The van der Waals surface area contributed by atoms with E-state index < -0.39 is 9.84 Å². The van der Waals surface area contributed by atoms with E-state index in [2.05, 4.69) is 4.98 Å². The third-order valence-corrected chi connectivity index (χ3v) is 4.61. The fraction of sp³-hybridized carbons (Fsp3) is 0.636. The first-order chi connectivity index (χ1) is 7.96. The molecule has 2 heterocycles. The van der Waals surface area contributed by atoms with E-state index in [1.54, 1.807) is 6.20 Å². The molecule has 6 heteroatoms. The van der Waals surface area contributed by atoms with Gasteiger partial charge < -0.3 is 4.42 Å². The van der Waals surface area contributed by atoms with Crippen LogP contribution in [0.1, 0.15) is 37.3 Å². The Kier molecular flexibility index (Phi) is 3.33. The average Bonchev–Trinajstić information content (AvgIpc) is 2.65. The van der Waals surface area contributed by atoms with Gasteiger partial charge >= 0.3 is 0 Å². The zero-order valence-corrected chi connectivity index (χ0v) is 10.5. The summed E-state index contributed by atoms with van der Waals surface area (Å²) < 4.78 is 28.0. The maximum atomic E-state index is 11.3. The van der Waals surface area contributed by atoms with Crippen LogP contribution in [0.25, 0.3) is 0 Å². The number of nitrogens with zero attached hydrogens (tertiary/aromatic N) is 1. The monoisotopic (exact) mass is 257 g/mol. The fourth-order valence-corrected chi connectivity index (χ4v) is 3.47. The maximum absolute atomic E-state index is 11.3. The number of oxazole rings is 1. The Bertz CT molecular complexity index is 503. The van der Waals surface area contributed by atoms with E-state index in [0.29, 0.717) is 24.5 Å². The molecule has 1 aromatic rings. The highest BCUT2D eigenvalue weighted by Crippen LogP contribution is 2.28. The van der Waals surface area contributed by atoms with Crippen LogP contribution in [0.5, 0.6) is 0 Å². The molecule has 0 radical (unpaired) electrons. The van der Waals surface area contributed by atoms with E-state index >= 15 is 0 Å². The summed E-state index contributed by atoms with van der Waals surface area (Å²) in [6, 6.07) is 0. The maximum Gasteiger partial charge on any atom is 0.197 e. The second-order valence-corrected chi connectivity index (χ2v) is 6.77. The zero-order chi connectivity index (χ0) is 12.5. The molecule has 0 aliphatic carbocycles. The molecule has 5 nitrogen and oxygen atoms in total. The normalized spacial score (nSPS) is 20.3. The van der Waals surface area contributed by atoms with Crippen molar-refractivity contribution in [3.63, 3.8) is 0 Å². The van der Waals surface area contributed by atoms with Crippen molar-refractivity contribution in [2.45, 2.75) is 32.1 Å². The topological polar surface area (TPSA) is 77.2 Å². The molecule has 94 valence electrons. The molecule has 0 saturated carbocycles. The fourth-order valence-electron chi connectivity index (χ4n) is 1.98. The van der Waals surface area contributed by atoms with Gasteiger partial charge in [-0.25, -0.2) is 13.4 Å². The van der Waals surface area contributed by atoms with Gasteiger partial charge in [0.2, 0.25) is 0 Å². The Morgan fingerprint density at radius 1 is 1.47 bits per heavy atom. The van der Waals surface area contributed by atoms with Gasteiger partial charge in [-0.1, -0.05) is 0 Å². The average molecular weight is 257 g/mol. The molecule has 0 unspecified atom stereocenters. The molecule has 0 N–H and O–H groups in total. The van der Waals surface area contributed by atoms with Crippen molar-refractivity contribution in [1.29, 1.82) is 0 Å². The highest BCUT2D eigenvalue weighted by molar-refractivity contribution is 7.91. The smallest absolute Gasteiger partial charge is 0.197 e. The number of hydrogen-bond donors (Lipinski definition) is 0. The molecular weight excluding hydrogens is 242 g/mol. The SMILES string of the molecule is CC(=O)Cc1cnc(C2CCS(=O)(=O)CC2)o1. The first-order valence-corrected chi connectivity index (χ1v) is 7.43. The predicted octanol–water partition coefficient (Wildman–Crippen LogP) is 1.10. The van der Waals surface area contributed by atoms with Crippen molar-refractivity contribution in [1.82, 2.24) is 4.98 Å². The number of carbonyl (C=O) groups excluding carboxylic acids is 1. The van der Waals surface area contributed by atoms with Gasteiger partial charge in [-0.3, -0.25) is 4.79 Å². The molecule has 1 aliphatic rings. The summed E-state index contributed by atoms with van der Waals surface area (Å²) in [6.45, 7) is 1.50. The van der Waals surface area contributed by atoms with Gasteiger partial charge in [0.05, 0.1) is 24.1 Å². The summed E-state index contributed by atoms with van der Waals surface area (Å²) >= 11 is 0. The number of rotatable bonds is 3. The Morgan fingerprint density at radius 3 is 2.71 bits per heavy atom. The molecular formula is C11H15NO4S. The molecule has 17 heavy (non-hydrogen) atoms. The van der Waals surface area contributed by atoms with Gasteiger partial charge in [-0.15, -0.1) is 0 Å². The van der Waals surface area contributed by atoms with Crippen LogP contribution in [0, 0.1) is 0 Å². The van der Waals surface area contributed by atoms with Crippen LogP contribution in [0.15, 0.2) is 10.6 Å². The van der Waals surface area contributed by atoms with Crippen molar-refractivity contribution in [3.8, 4) is 0 Å². The number of sulfone groups is 1. The predicted molar refractivity (Wildman–Crippen MR) is 61.5 cm³/mol. The number of hydrogen-bond acceptors (Lipinski definition) is 5. The van der Waals surface area contributed by atoms with Gasteiger partial charge in [0.1, 0.15) is 21.4 Å². The van der Waals surface area contributed by atoms with Crippen LogP contribution < -0.4 is 0 Å². The Morgan fingerprint density at radius 2 is 2.12 bits per heavy atom. The van der Waals surface area contributed by atoms with E-state index in [4.69, 9.17) is 4.42 Å². The minimum atomic E-state index is -2.86. The van der Waals surface area contributed by atoms with E-state index in [9.17, 15) is 13.2 Å². The summed E-state index contributed by atoms with van der Waals surface area (Å²) in [4.78, 5) is 15.0. The highest BCUT2D eigenvalue weighted by atomic mass is 32.2. The van der Waals surface area contributed by atoms with E-state index in [0.717, 1.165) is 0 Å². The summed E-state index contributed by atoms with van der Waals surface area (Å²) in [7, 11) is -2.86. The molecule has 0 bridgehead atoms. The van der Waals surface area contributed by atoms with Crippen LogP contribution >= 0.6 is 0 Å². The summed E-state index contributed by atoms with van der Waals surface area (Å²) in [6.07, 6.45) is 2.92. The molecule has 1 saturated heterocycles. The lowest BCUT2D eigenvalue weighted by Gasteiger charge is -2.18. The van der Waals surface area contributed by atoms with Crippen LogP contribution in [0.3, 0.4) is 0 Å². The molecule has 1 aliphatic heterocycles. The molecule has 0 aromatic carbocycles. The lowest BCUT2D eigenvalue weighted by atomic mass is 10.0. The van der Waals surface area contributed by atoms with Crippen LogP contribution in [-0.2, 0) is 21.1 Å². The van der Waals surface area contributed by atoms with Gasteiger partial charge in [0, 0.05) is 5.92 Å². The highest BCUT2D eigenvalue weighted by Gasteiger charge is 2.27. The van der Waals surface area contributed by atoms with Crippen LogP contribution in [0.2, 0.25) is 0 Å². The second-order valence-electron chi connectivity index (χ2n) is 4.47. The molecule has 2 rings (SSSR count). The van der Waals surface area contributed by atoms with Gasteiger partial charge in [0.15, 0.2) is 5.89 Å². The van der Waals surface area contributed by atoms with E-state index in [-0.39, 0.29) is 29.6 Å². The third kappa shape index (κ3) is 3.15. The zero-order valence-electron chi connectivity index (χ0n) is 9.68. The standard InChI is InChI=1S/C11H15NO4S/c1-8(13)6-10-7-12-11(16-10)9-2-4-17(14,15)5-3-9/h7,9H,2-6H2,1H3. The van der Waals surface area contributed by atoms with Crippen molar-refractivity contribution in [3.05, 3.63) is 17.8 Å². The number of ketones is 1. The van der Waals surface area contributed by atoms with Crippen molar-refractivity contribution in [2.75, 3.05) is 11.5 Å². The third-order valence-electron chi connectivity index (χ3n) is 2.90. The molecule has 0 amide bonds. The quantitative estimate of drug-likeness (QED) is 0.810. The number of Topliss-reactive ketones (excluding diaryl/α,β-unsaturated/α-hetero) is 1. The molecule has 0 atom stereocenters. The summed E-state index contributed by atoms with van der Waals surface area (Å²) in [5.41, 5.74) is 0. The van der Waals surface area contributed by atoms with E-state index in [1.165, 1.54) is 6.92 Å². The molecule has 0 spiro atoms. The lowest BCUT2D eigenvalue weighted by molar-refractivity contribution is -0.116. The minimum absolute atomic E-state index is 0.0268. The Balaban J connectivity index is 2.04. The Hall–Kier alpha value is -1.17. The summed E-state index contributed by atoms with van der Waals surface area (Å²) in [5, 5.41) is 0. The van der Waals surface area contributed by atoms with Crippen molar-refractivity contribution in [2.24, 2.45) is 0 Å². The van der Waals surface area contributed by atoms with Gasteiger partial charge in [-0.2, -0.15) is 0 Å². The minimum Gasteiger partial charge on any atom is -0.445 e. The van der Waals surface area contributed by atoms with Gasteiger partial charge in [0.25, 0.3) is 0 Å². The first kappa shape index (κ1) is 12.3.